The molecule has 0 bridgehead atoms. The first-order valence-electron chi connectivity index (χ1n) is 5.10. The van der Waals surface area contributed by atoms with E-state index in [2.05, 4.69) is 0 Å². The molecule has 0 fully saturated rings. The van der Waals surface area contributed by atoms with Gasteiger partial charge in [0.25, 0.3) is 0 Å². The summed E-state index contributed by atoms with van der Waals surface area (Å²) in [5, 5.41) is 10.4. The minimum atomic E-state index is -0.926. The number of aromatic nitrogens is 1. The Kier molecular flexibility index (Phi) is 3.39. The van der Waals surface area contributed by atoms with Gasteiger partial charge in [0.05, 0.1) is 13.0 Å². The summed E-state index contributed by atoms with van der Waals surface area (Å²) in [7, 11) is 0. The highest BCUT2D eigenvalue weighted by Gasteiger charge is 2.10. The van der Waals surface area contributed by atoms with E-state index in [9.17, 15) is 9.59 Å². The number of nitrogens with zero attached hydrogens (tertiary/aromatic N) is 1. The second kappa shape index (κ2) is 4.97. The molecule has 0 aliphatic carbocycles. The number of carboxylic acid groups (broad SMARTS) is 1. The number of aliphatic carboxylic acids is 1. The molecule has 5 heteroatoms. The van der Waals surface area contributed by atoms with Crippen LogP contribution in [0.15, 0.2) is 40.5 Å². The van der Waals surface area contributed by atoms with Crippen molar-refractivity contribution in [2.24, 2.45) is 0 Å². The first-order valence-corrected chi connectivity index (χ1v) is 5.97. The first kappa shape index (κ1) is 11.6. The number of benzene rings is 1. The highest BCUT2D eigenvalue weighted by Crippen LogP contribution is 2.07. The molecule has 0 aliphatic heterocycles. The van der Waals surface area contributed by atoms with E-state index in [1.54, 1.807) is 5.38 Å². The smallest absolute Gasteiger partial charge is 0.309 e. The fourth-order valence-electron chi connectivity index (χ4n) is 1.59. The van der Waals surface area contributed by atoms with Crippen LogP contribution >= 0.6 is 11.3 Å². The summed E-state index contributed by atoms with van der Waals surface area (Å²) >= 11 is 1.04. The third-order valence-electron chi connectivity index (χ3n) is 2.38. The van der Waals surface area contributed by atoms with Crippen molar-refractivity contribution < 1.29 is 9.90 Å². The summed E-state index contributed by atoms with van der Waals surface area (Å²) in [6.45, 7) is 0.422. The Hall–Kier alpha value is -1.88. The third-order valence-corrected chi connectivity index (χ3v) is 3.19. The number of hydrogen-bond donors (Lipinski definition) is 1. The minimum Gasteiger partial charge on any atom is -0.481 e. The van der Waals surface area contributed by atoms with Crippen LogP contribution in [0.4, 0.5) is 0 Å². The van der Waals surface area contributed by atoms with Crippen LogP contribution in [-0.4, -0.2) is 15.6 Å². The van der Waals surface area contributed by atoms with Gasteiger partial charge in [-0.15, -0.1) is 0 Å². The van der Waals surface area contributed by atoms with Crippen LogP contribution in [0.5, 0.6) is 0 Å². The lowest BCUT2D eigenvalue weighted by atomic mass is 10.2. The van der Waals surface area contributed by atoms with Gasteiger partial charge < -0.3 is 5.11 Å². The van der Waals surface area contributed by atoms with Crippen molar-refractivity contribution >= 4 is 17.3 Å². The average Bonchev–Trinajstić information content (AvgIpc) is 2.62. The molecule has 1 aromatic carbocycles. The predicted molar refractivity (Wildman–Crippen MR) is 65.5 cm³/mol. The van der Waals surface area contributed by atoms with Gasteiger partial charge in [0.1, 0.15) is 0 Å². The summed E-state index contributed by atoms with van der Waals surface area (Å²) in [6, 6.07) is 9.51. The van der Waals surface area contributed by atoms with Crippen molar-refractivity contribution in [2.75, 3.05) is 0 Å². The van der Waals surface area contributed by atoms with E-state index < -0.39 is 5.97 Å². The monoisotopic (exact) mass is 249 g/mol. The normalized spacial score (nSPS) is 10.4. The SMILES string of the molecule is O=C(O)Cc1csc(=O)n1Cc1ccccc1. The van der Waals surface area contributed by atoms with E-state index >= 15 is 0 Å². The maximum atomic E-state index is 11.6. The predicted octanol–water partition coefficient (Wildman–Crippen LogP) is 1.59. The molecule has 0 saturated carbocycles. The van der Waals surface area contributed by atoms with Crippen LogP contribution in [0.2, 0.25) is 0 Å². The van der Waals surface area contributed by atoms with Crippen molar-refractivity contribution in [3.8, 4) is 0 Å². The Bertz CT molecular complexity index is 571. The summed E-state index contributed by atoms with van der Waals surface area (Å²) in [5.41, 5.74) is 1.54. The van der Waals surface area contributed by atoms with Crippen molar-refractivity contribution in [1.82, 2.24) is 4.57 Å². The van der Waals surface area contributed by atoms with Crippen molar-refractivity contribution in [1.29, 1.82) is 0 Å². The zero-order valence-electron chi connectivity index (χ0n) is 9.00. The molecular weight excluding hydrogens is 238 g/mol. The molecule has 0 atom stereocenters. The van der Waals surface area contributed by atoms with Gasteiger partial charge in [-0.3, -0.25) is 14.2 Å². The van der Waals surface area contributed by atoms with Gasteiger partial charge in [-0.2, -0.15) is 0 Å². The van der Waals surface area contributed by atoms with E-state index in [-0.39, 0.29) is 11.3 Å². The number of carbonyl (C=O) groups is 1. The van der Waals surface area contributed by atoms with Gasteiger partial charge in [-0.05, 0) is 5.56 Å². The quantitative estimate of drug-likeness (QED) is 0.895. The van der Waals surface area contributed by atoms with Crippen molar-refractivity contribution in [2.45, 2.75) is 13.0 Å². The Morgan fingerprint density at radius 1 is 1.29 bits per heavy atom. The first-order chi connectivity index (χ1) is 8.16. The van der Waals surface area contributed by atoms with Gasteiger partial charge in [0, 0.05) is 11.1 Å². The molecule has 2 rings (SSSR count). The maximum Gasteiger partial charge on any atom is 0.309 e. The molecule has 0 radical (unpaired) electrons. The molecule has 0 unspecified atom stereocenters. The lowest BCUT2D eigenvalue weighted by Crippen LogP contribution is -2.18. The Labute approximate surface area is 102 Å². The Balaban J connectivity index is 2.29. The second-order valence-corrected chi connectivity index (χ2v) is 4.46. The molecule has 1 aromatic heterocycles. The largest absolute Gasteiger partial charge is 0.481 e. The van der Waals surface area contributed by atoms with Crippen LogP contribution in [0.3, 0.4) is 0 Å². The third kappa shape index (κ3) is 2.82. The lowest BCUT2D eigenvalue weighted by molar-refractivity contribution is -0.136. The summed E-state index contributed by atoms with van der Waals surface area (Å²) in [5.74, 6) is -0.926. The fourth-order valence-corrected chi connectivity index (χ4v) is 2.34. The highest BCUT2D eigenvalue weighted by molar-refractivity contribution is 7.07. The maximum absolute atomic E-state index is 11.6. The van der Waals surface area contributed by atoms with E-state index in [0.717, 1.165) is 16.9 Å². The van der Waals surface area contributed by atoms with Crippen molar-refractivity contribution in [3.05, 3.63) is 56.6 Å². The summed E-state index contributed by atoms with van der Waals surface area (Å²) < 4.78 is 1.51. The number of carboxylic acids is 1. The molecule has 1 N–H and O–H groups in total. The minimum absolute atomic E-state index is 0.119. The second-order valence-electron chi connectivity index (χ2n) is 3.64. The fraction of sp³-hybridized carbons (Fsp3) is 0.167. The summed E-state index contributed by atoms with van der Waals surface area (Å²) in [4.78, 5) is 22.2. The van der Waals surface area contributed by atoms with E-state index in [0.29, 0.717) is 12.2 Å². The zero-order chi connectivity index (χ0) is 12.3. The van der Waals surface area contributed by atoms with E-state index in [1.807, 2.05) is 30.3 Å². The standard InChI is InChI=1S/C12H11NO3S/c14-11(15)6-10-8-17-12(16)13(10)7-9-4-2-1-3-5-9/h1-5,8H,6-7H2,(H,14,15). The average molecular weight is 249 g/mol. The van der Waals surface area contributed by atoms with Crippen LogP contribution in [0, 0.1) is 0 Å². The molecule has 0 aliphatic rings. The topological polar surface area (TPSA) is 59.3 Å². The number of hydrogen-bond acceptors (Lipinski definition) is 3. The molecule has 4 nitrogen and oxygen atoms in total. The molecular formula is C12H11NO3S. The molecule has 1 heterocycles. The molecule has 2 aromatic rings. The zero-order valence-corrected chi connectivity index (χ0v) is 9.81. The summed E-state index contributed by atoms with van der Waals surface area (Å²) in [6.07, 6.45) is -0.119. The number of thiazole rings is 1. The molecule has 0 saturated heterocycles. The molecule has 0 amide bonds. The lowest BCUT2D eigenvalue weighted by Gasteiger charge is -2.05. The van der Waals surface area contributed by atoms with Crippen LogP contribution in [-0.2, 0) is 17.8 Å². The van der Waals surface area contributed by atoms with Gasteiger partial charge in [-0.1, -0.05) is 41.7 Å². The van der Waals surface area contributed by atoms with Crippen LogP contribution in [0.1, 0.15) is 11.3 Å². The van der Waals surface area contributed by atoms with Gasteiger partial charge in [0.2, 0.25) is 0 Å². The van der Waals surface area contributed by atoms with Crippen LogP contribution < -0.4 is 4.87 Å². The van der Waals surface area contributed by atoms with Gasteiger partial charge in [-0.25, -0.2) is 0 Å². The van der Waals surface area contributed by atoms with E-state index in [1.165, 1.54) is 4.57 Å². The molecule has 0 spiro atoms. The van der Waals surface area contributed by atoms with Crippen molar-refractivity contribution in [3.63, 3.8) is 0 Å². The van der Waals surface area contributed by atoms with E-state index in [4.69, 9.17) is 5.11 Å². The Morgan fingerprint density at radius 2 is 2.00 bits per heavy atom. The van der Waals surface area contributed by atoms with Gasteiger partial charge in [0.15, 0.2) is 0 Å². The number of rotatable bonds is 4. The van der Waals surface area contributed by atoms with Crippen LogP contribution in [0.25, 0.3) is 0 Å². The molecule has 17 heavy (non-hydrogen) atoms. The Morgan fingerprint density at radius 3 is 2.65 bits per heavy atom. The highest BCUT2D eigenvalue weighted by atomic mass is 32.1. The molecule has 88 valence electrons. The van der Waals surface area contributed by atoms with Gasteiger partial charge >= 0.3 is 10.8 Å².